The van der Waals surface area contributed by atoms with Crippen molar-refractivity contribution in [3.63, 3.8) is 0 Å². The third-order valence-corrected chi connectivity index (χ3v) is 3.57. The molecule has 0 aliphatic heterocycles. The van der Waals surface area contributed by atoms with Gasteiger partial charge in [0.1, 0.15) is 5.76 Å². The number of rotatable bonds is 7. The SMILES string of the molecule is CCC(NCc1cccc(C(=O)NC)c1)C(=O)Nc1cc(C)on1. The van der Waals surface area contributed by atoms with Crippen molar-refractivity contribution in [2.75, 3.05) is 12.4 Å². The molecule has 2 amide bonds. The van der Waals surface area contributed by atoms with Crippen LogP contribution in [-0.4, -0.2) is 30.1 Å². The van der Waals surface area contributed by atoms with Gasteiger partial charge in [0.05, 0.1) is 6.04 Å². The molecule has 1 aromatic carbocycles. The fourth-order valence-electron chi connectivity index (χ4n) is 2.27. The number of aromatic nitrogens is 1. The molecular weight excluding hydrogens is 308 g/mol. The molecule has 1 aromatic heterocycles. The van der Waals surface area contributed by atoms with Crippen molar-refractivity contribution in [3.05, 3.63) is 47.2 Å². The summed E-state index contributed by atoms with van der Waals surface area (Å²) in [7, 11) is 1.59. The lowest BCUT2D eigenvalue weighted by Crippen LogP contribution is -2.39. The lowest BCUT2D eigenvalue weighted by molar-refractivity contribution is -0.118. The number of anilines is 1. The summed E-state index contributed by atoms with van der Waals surface area (Å²) < 4.78 is 4.93. The van der Waals surface area contributed by atoms with Crippen molar-refractivity contribution in [2.45, 2.75) is 32.9 Å². The average Bonchev–Trinajstić information content (AvgIpc) is 2.99. The van der Waals surface area contributed by atoms with Crippen LogP contribution in [0.5, 0.6) is 0 Å². The Morgan fingerprint density at radius 3 is 2.71 bits per heavy atom. The van der Waals surface area contributed by atoms with E-state index in [0.29, 0.717) is 30.1 Å². The molecule has 1 unspecified atom stereocenters. The first-order valence-corrected chi connectivity index (χ1v) is 7.82. The van der Waals surface area contributed by atoms with E-state index in [2.05, 4.69) is 21.1 Å². The minimum absolute atomic E-state index is 0.136. The predicted octanol–water partition coefficient (Wildman–Crippen LogP) is 1.85. The number of carbonyl (C=O) groups is 2. The van der Waals surface area contributed by atoms with E-state index in [1.807, 2.05) is 19.1 Å². The lowest BCUT2D eigenvalue weighted by atomic mass is 10.1. The smallest absolute Gasteiger partial charge is 0.251 e. The maximum Gasteiger partial charge on any atom is 0.251 e. The average molecular weight is 330 g/mol. The number of benzene rings is 1. The first-order chi connectivity index (χ1) is 11.5. The fraction of sp³-hybridized carbons (Fsp3) is 0.353. The molecule has 7 nitrogen and oxygen atoms in total. The largest absolute Gasteiger partial charge is 0.360 e. The zero-order chi connectivity index (χ0) is 17.5. The molecule has 7 heteroatoms. The Morgan fingerprint density at radius 1 is 1.29 bits per heavy atom. The predicted molar refractivity (Wildman–Crippen MR) is 90.6 cm³/mol. The summed E-state index contributed by atoms with van der Waals surface area (Å²) in [5.74, 6) is 0.730. The van der Waals surface area contributed by atoms with Gasteiger partial charge >= 0.3 is 0 Å². The Kier molecular flexibility index (Phi) is 6.08. The molecule has 2 aromatic rings. The van der Waals surface area contributed by atoms with Gasteiger partial charge < -0.3 is 20.5 Å². The van der Waals surface area contributed by atoms with E-state index in [0.717, 1.165) is 5.56 Å². The Bertz CT molecular complexity index is 711. The van der Waals surface area contributed by atoms with Gasteiger partial charge in [0.2, 0.25) is 5.91 Å². The molecule has 0 saturated heterocycles. The topological polar surface area (TPSA) is 96.3 Å². The number of amides is 2. The Hall–Kier alpha value is -2.67. The number of hydrogen-bond donors (Lipinski definition) is 3. The summed E-state index contributed by atoms with van der Waals surface area (Å²) in [6, 6.07) is 8.57. The van der Waals surface area contributed by atoms with Crippen LogP contribution in [0.25, 0.3) is 0 Å². The van der Waals surface area contributed by atoms with Gasteiger partial charge in [-0.2, -0.15) is 0 Å². The van der Waals surface area contributed by atoms with E-state index in [1.54, 1.807) is 32.2 Å². The Morgan fingerprint density at radius 2 is 2.08 bits per heavy atom. The zero-order valence-electron chi connectivity index (χ0n) is 14.1. The van der Waals surface area contributed by atoms with E-state index in [4.69, 9.17) is 4.52 Å². The van der Waals surface area contributed by atoms with Crippen LogP contribution in [0, 0.1) is 6.92 Å². The van der Waals surface area contributed by atoms with Crippen LogP contribution in [0.15, 0.2) is 34.9 Å². The summed E-state index contributed by atoms with van der Waals surface area (Å²) in [6.45, 7) is 4.17. The molecule has 0 radical (unpaired) electrons. The molecule has 1 atom stereocenters. The minimum atomic E-state index is -0.370. The van der Waals surface area contributed by atoms with Crippen LogP contribution in [0.3, 0.4) is 0 Å². The zero-order valence-corrected chi connectivity index (χ0v) is 14.1. The van der Waals surface area contributed by atoms with E-state index in [9.17, 15) is 9.59 Å². The molecule has 0 saturated carbocycles. The molecule has 0 spiro atoms. The van der Waals surface area contributed by atoms with Crippen LogP contribution >= 0.6 is 0 Å². The van der Waals surface area contributed by atoms with Crippen molar-refractivity contribution >= 4 is 17.6 Å². The van der Waals surface area contributed by atoms with Gasteiger partial charge in [-0.25, -0.2) is 0 Å². The minimum Gasteiger partial charge on any atom is -0.360 e. The van der Waals surface area contributed by atoms with E-state index in [1.165, 1.54) is 0 Å². The molecule has 2 rings (SSSR count). The van der Waals surface area contributed by atoms with Crippen molar-refractivity contribution in [1.29, 1.82) is 0 Å². The highest BCUT2D eigenvalue weighted by Crippen LogP contribution is 2.09. The highest BCUT2D eigenvalue weighted by molar-refractivity contribution is 5.94. The molecule has 3 N–H and O–H groups in total. The van der Waals surface area contributed by atoms with E-state index < -0.39 is 0 Å². The number of nitrogens with one attached hydrogen (secondary N) is 3. The van der Waals surface area contributed by atoms with Crippen molar-refractivity contribution in [3.8, 4) is 0 Å². The molecule has 0 aliphatic rings. The quantitative estimate of drug-likeness (QED) is 0.720. The number of nitrogens with zero attached hydrogens (tertiary/aromatic N) is 1. The molecular formula is C17H22N4O3. The normalized spacial score (nSPS) is 11.8. The standard InChI is InChI=1S/C17H22N4O3/c1-4-14(17(23)20-15-8-11(2)24-21-15)19-10-12-6-5-7-13(9-12)16(22)18-3/h5-9,14,19H,4,10H2,1-3H3,(H,18,22)(H,20,21,23). The summed E-state index contributed by atoms with van der Waals surface area (Å²) >= 11 is 0. The highest BCUT2D eigenvalue weighted by atomic mass is 16.5. The maximum absolute atomic E-state index is 12.3. The van der Waals surface area contributed by atoms with Gasteiger partial charge in [-0.3, -0.25) is 9.59 Å². The van der Waals surface area contributed by atoms with Crippen molar-refractivity contribution in [1.82, 2.24) is 15.8 Å². The van der Waals surface area contributed by atoms with Gasteiger partial charge in [-0.1, -0.05) is 24.2 Å². The first-order valence-electron chi connectivity index (χ1n) is 7.82. The summed E-state index contributed by atoms with van der Waals surface area (Å²) in [4.78, 5) is 23.9. The van der Waals surface area contributed by atoms with Crippen LogP contribution in [-0.2, 0) is 11.3 Å². The van der Waals surface area contributed by atoms with Crippen LogP contribution in [0.1, 0.15) is 35.0 Å². The van der Waals surface area contributed by atoms with Gasteiger partial charge in [-0.05, 0) is 31.0 Å². The monoisotopic (exact) mass is 330 g/mol. The summed E-state index contributed by atoms with van der Waals surface area (Å²) in [5.41, 5.74) is 1.52. The van der Waals surface area contributed by atoms with Crippen molar-refractivity contribution < 1.29 is 14.1 Å². The number of hydrogen-bond acceptors (Lipinski definition) is 5. The Balaban J connectivity index is 1.95. The van der Waals surface area contributed by atoms with Crippen molar-refractivity contribution in [2.24, 2.45) is 0 Å². The van der Waals surface area contributed by atoms with Gasteiger partial charge in [0.15, 0.2) is 5.82 Å². The molecule has 0 bridgehead atoms. The molecule has 24 heavy (non-hydrogen) atoms. The van der Waals surface area contributed by atoms with E-state index >= 15 is 0 Å². The second kappa shape index (κ2) is 8.26. The number of aryl methyl sites for hydroxylation is 1. The highest BCUT2D eigenvalue weighted by Gasteiger charge is 2.17. The van der Waals surface area contributed by atoms with Crippen LogP contribution < -0.4 is 16.0 Å². The van der Waals surface area contributed by atoms with E-state index in [-0.39, 0.29) is 17.9 Å². The second-order valence-electron chi connectivity index (χ2n) is 5.43. The Labute approximate surface area is 140 Å². The fourth-order valence-corrected chi connectivity index (χ4v) is 2.27. The lowest BCUT2D eigenvalue weighted by Gasteiger charge is -2.16. The molecule has 0 fully saturated rings. The third-order valence-electron chi connectivity index (χ3n) is 3.57. The van der Waals surface area contributed by atoms with Crippen LogP contribution in [0.4, 0.5) is 5.82 Å². The van der Waals surface area contributed by atoms with Gasteiger partial charge in [-0.15, -0.1) is 0 Å². The van der Waals surface area contributed by atoms with Gasteiger partial charge in [0.25, 0.3) is 5.91 Å². The second-order valence-corrected chi connectivity index (χ2v) is 5.43. The summed E-state index contributed by atoms with van der Waals surface area (Å²) in [6.07, 6.45) is 0.623. The summed E-state index contributed by atoms with van der Waals surface area (Å²) in [5, 5.41) is 12.3. The first kappa shape index (κ1) is 17.7. The molecule has 1 heterocycles. The number of carbonyl (C=O) groups excluding carboxylic acids is 2. The molecule has 0 aliphatic carbocycles. The molecule has 128 valence electrons. The van der Waals surface area contributed by atoms with Gasteiger partial charge in [0, 0.05) is 25.2 Å². The third kappa shape index (κ3) is 4.66. The maximum atomic E-state index is 12.3. The van der Waals surface area contributed by atoms with Crippen LogP contribution in [0.2, 0.25) is 0 Å².